The van der Waals surface area contributed by atoms with E-state index >= 15 is 0 Å². The van der Waals surface area contributed by atoms with Crippen molar-refractivity contribution in [2.75, 3.05) is 33.4 Å². The lowest BCUT2D eigenvalue weighted by atomic mass is 9.88. The van der Waals surface area contributed by atoms with Crippen LogP contribution in [-0.2, 0) is 4.74 Å². The van der Waals surface area contributed by atoms with Crippen molar-refractivity contribution in [2.45, 2.75) is 51.5 Å². The Morgan fingerprint density at radius 2 is 2.12 bits per heavy atom. The highest BCUT2D eigenvalue weighted by Gasteiger charge is 2.34. The summed E-state index contributed by atoms with van der Waals surface area (Å²) < 4.78 is 5.45. The van der Waals surface area contributed by atoms with E-state index in [1.807, 2.05) is 6.92 Å². The predicted octanol–water partition coefficient (Wildman–Crippen LogP) is 2.25. The Morgan fingerprint density at radius 3 is 2.76 bits per heavy atom. The maximum atomic E-state index is 6.08. The van der Waals surface area contributed by atoms with Crippen LogP contribution in [0, 0.1) is 5.92 Å². The number of likely N-dealkylation sites (N-methyl/N-ethyl adjacent to an activating group) is 1. The minimum absolute atomic E-state index is 0.224. The standard InChI is InChI=1S/C14H30N2O/c1-4-17-11-10-16(3)14(12-15)8-5-6-13(2)7-9-14/h13H,4-12,15H2,1-3H3. The fourth-order valence-corrected chi connectivity index (χ4v) is 2.89. The Morgan fingerprint density at radius 1 is 1.35 bits per heavy atom. The first-order valence-electron chi connectivity index (χ1n) is 7.13. The molecule has 2 atom stereocenters. The summed E-state index contributed by atoms with van der Waals surface area (Å²) in [5.41, 5.74) is 6.30. The van der Waals surface area contributed by atoms with Crippen LogP contribution < -0.4 is 5.73 Å². The zero-order chi connectivity index (χ0) is 12.7. The molecule has 0 saturated heterocycles. The lowest BCUT2D eigenvalue weighted by molar-refractivity contribution is 0.0581. The van der Waals surface area contributed by atoms with Crippen molar-refractivity contribution in [1.29, 1.82) is 0 Å². The number of hydrogen-bond donors (Lipinski definition) is 1. The molecule has 0 spiro atoms. The van der Waals surface area contributed by atoms with Crippen molar-refractivity contribution >= 4 is 0 Å². The van der Waals surface area contributed by atoms with Crippen LogP contribution in [0.2, 0.25) is 0 Å². The Hall–Kier alpha value is -0.120. The smallest absolute Gasteiger partial charge is 0.0593 e. The average molecular weight is 242 g/mol. The second-order valence-corrected chi connectivity index (χ2v) is 5.58. The van der Waals surface area contributed by atoms with Crippen molar-refractivity contribution in [3.05, 3.63) is 0 Å². The number of rotatable bonds is 6. The topological polar surface area (TPSA) is 38.5 Å². The maximum Gasteiger partial charge on any atom is 0.0593 e. The molecular formula is C14H30N2O. The molecule has 0 aromatic rings. The minimum atomic E-state index is 0.224. The molecular weight excluding hydrogens is 212 g/mol. The number of ether oxygens (including phenoxy) is 1. The number of nitrogens with two attached hydrogens (primary N) is 1. The normalized spacial score (nSPS) is 30.5. The monoisotopic (exact) mass is 242 g/mol. The van der Waals surface area contributed by atoms with Gasteiger partial charge in [-0.2, -0.15) is 0 Å². The van der Waals surface area contributed by atoms with Crippen LogP contribution in [0.15, 0.2) is 0 Å². The summed E-state index contributed by atoms with van der Waals surface area (Å²) in [6, 6.07) is 0. The molecule has 0 radical (unpaired) electrons. The SMILES string of the molecule is CCOCCN(C)C1(CN)CCCC(C)CC1. The minimum Gasteiger partial charge on any atom is -0.380 e. The maximum absolute atomic E-state index is 6.08. The van der Waals surface area contributed by atoms with E-state index in [-0.39, 0.29) is 5.54 Å². The molecule has 0 heterocycles. The van der Waals surface area contributed by atoms with Crippen LogP contribution in [-0.4, -0.2) is 43.8 Å². The Kier molecular flexibility index (Phi) is 6.45. The predicted molar refractivity (Wildman–Crippen MR) is 73.2 cm³/mol. The van der Waals surface area contributed by atoms with Gasteiger partial charge in [0, 0.05) is 25.2 Å². The van der Waals surface area contributed by atoms with E-state index in [9.17, 15) is 0 Å². The van der Waals surface area contributed by atoms with Crippen LogP contribution in [0.4, 0.5) is 0 Å². The molecule has 3 nitrogen and oxygen atoms in total. The van der Waals surface area contributed by atoms with Crippen molar-refractivity contribution in [1.82, 2.24) is 4.90 Å². The summed E-state index contributed by atoms with van der Waals surface area (Å²) in [4.78, 5) is 2.45. The second-order valence-electron chi connectivity index (χ2n) is 5.58. The van der Waals surface area contributed by atoms with Crippen molar-refractivity contribution < 1.29 is 4.74 Å². The van der Waals surface area contributed by atoms with E-state index in [1.54, 1.807) is 0 Å². The molecule has 2 unspecified atom stereocenters. The van der Waals surface area contributed by atoms with E-state index in [4.69, 9.17) is 10.5 Å². The van der Waals surface area contributed by atoms with Gasteiger partial charge in [0.2, 0.25) is 0 Å². The van der Waals surface area contributed by atoms with Crippen molar-refractivity contribution in [2.24, 2.45) is 11.7 Å². The Labute approximate surface area is 107 Å². The van der Waals surface area contributed by atoms with Crippen LogP contribution in [0.5, 0.6) is 0 Å². The highest BCUT2D eigenvalue weighted by Crippen LogP contribution is 2.33. The third-order valence-corrected chi connectivity index (χ3v) is 4.41. The average Bonchev–Trinajstić information content (AvgIpc) is 2.52. The van der Waals surface area contributed by atoms with Gasteiger partial charge in [-0.15, -0.1) is 0 Å². The van der Waals surface area contributed by atoms with Gasteiger partial charge >= 0.3 is 0 Å². The molecule has 1 aliphatic rings. The summed E-state index contributed by atoms with van der Waals surface area (Å²) in [5.74, 6) is 0.865. The van der Waals surface area contributed by atoms with Crippen LogP contribution in [0.25, 0.3) is 0 Å². The largest absolute Gasteiger partial charge is 0.380 e. The Bertz CT molecular complexity index is 210. The van der Waals surface area contributed by atoms with Crippen LogP contribution >= 0.6 is 0 Å². The zero-order valence-corrected chi connectivity index (χ0v) is 11.9. The van der Waals surface area contributed by atoms with Gasteiger partial charge in [-0.1, -0.05) is 19.8 Å². The van der Waals surface area contributed by atoms with Gasteiger partial charge in [0.1, 0.15) is 0 Å². The van der Waals surface area contributed by atoms with Crippen LogP contribution in [0.1, 0.15) is 46.0 Å². The molecule has 2 N–H and O–H groups in total. The van der Waals surface area contributed by atoms with Gasteiger partial charge in [-0.3, -0.25) is 4.90 Å². The molecule has 102 valence electrons. The van der Waals surface area contributed by atoms with Gasteiger partial charge in [0.15, 0.2) is 0 Å². The third-order valence-electron chi connectivity index (χ3n) is 4.41. The van der Waals surface area contributed by atoms with Gasteiger partial charge in [-0.05, 0) is 39.2 Å². The highest BCUT2D eigenvalue weighted by atomic mass is 16.5. The first-order chi connectivity index (χ1) is 8.14. The van der Waals surface area contributed by atoms with Gasteiger partial charge in [0.25, 0.3) is 0 Å². The fourth-order valence-electron chi connectivity index (χ4n) is 2.89. The van der Waals surface area contributed by atoms with Crippen LogP contribution in [0.3, 0.4) is 0 Å². The van der Waals surface area contributed by atoms with E-state index in [0.717, 1.165) is 32.2 Å². The second kappa shape index (κ2) is 7.34. The molecule has 1 aliphatic carbocycles. The van der Waals surface area contributed by atoms with E-state index in [0.29, 0.717) is 0 Å². The van der Waals surface area contributed by atoms with Gasteiger partial charge < -0.3 is 10.5 Å². The van der Waals surface area contributed by atoms with Crippen molar-refractivity contribution in [3.63, 3.8) is 0 Å². The van der Waals surface area contributed by atoms with E-state index in [1.165, 1.54) is 32.1 Å². The van der Waals surface area contributed by atoms with E-state index < -0.39 is 0 Å². The lowest BCUT2D eigenvalue weighted by Gasteiger charge is -2.41. The summed E-state index contributed by atoms with van der Waals surface area (Å²) in [7, 11) is 2.21. The quantitative estimate of drug-likeness (QED) is 0.573. The first kappa shape index (κ1) is 14.9. The summed E-state index contributed by atoms with van der Waals surface area (Å²) in [5, 5.41) is 0. The zero-order valence-electron chi connectivity index (χ0n) is 11.9. The number of nitrogens with zero attached hydrogens (tertiary/aromatic N) is 1. The molecule has 0 aromatic carbocycles. The molecule has 17 heavy (non-hydrogen) atoms. The third kappa shape index (κ3) is 4.23. The molecule has 0 aromatic heterocycles. The molecule has 0 aliphatic heterocycles. The highest BCUT2D eigenvalue weighted by molar-refractivity contribution is 4.92. The first-order valence-corrected chi connectivity index (χ1v) is 7.13. The molecule has 1 rings (SSSR count). The van der Waals surface area contributed by atoms with Crippen molar-refractivity contribution in [3.8, 4) is 0 Å². The Balaban J connectivity index is 2.53. The molecule has 1 saturated carbocycles. The van der Waals surface area contributed by atoms with E-state index in [2.05, 4.69) is 18.9 Å². The fraction of sp³-hybridized carbons (Fsp3) is 1.00. The van der Waals surface area contributed by atoms with Gasteiger partial charge in [0.05, 0.1) is 6.61 Å². The summed E-state index contributed by atoms with van der Waals surface area (Å²) in [6.45, 7) is 7.82. The number of hydrogen-bond acceptors (Lipinski definition) is 3. The summed E-state index contributed by atoms with van der Waals surface area (Å²) >= 11 is 0. The lowest BCUT2D eigenvalue weighted by Crippen LogP contribution is -2.52. The van der Waals surface area contributed by atoms with Gasteiger partial charge in [-0.25, -0.2) is 0 Å². The molecule has 0 bridgehead atoms. The molecule has 3 heteroatoms. The summed E-state index contributed by atoms with van der Waals surface area (Å²) in [6.07, 6.45) is 6.48. The molecule has 1 fully saturated rings. The molecule has 0 amide bonds.